The number of para-hydroxylation sites is 2. The summed E-state index contributed by atoms with van der Waals surface area (Å²) in [6.07, 6.45) is 1.65. The zero-order valence-corrected chi connectivity index (χ0v) is 12.2. The molecule has 1 aromatic carbocycles. The first-order valence-corrected chi connectivity index (χ1v) is 6.98. The highest BCUT2D eigenvalue weighted by Gasteiger charge is 2.30. The van der Waals surface area contributed by atoms with Crippen molar-refractivity contribution in [2.24, 2.45) is 5.73 Å². The average Bonchev–Trinajstić information content (AvgIpc) is 2.51. The molecule has 2 N–H and O–H groups in total. The molecule has 0 bridgehead atoms. The molecular weight excluding hydrogens is 282 g/mol. The lowest BCUT2D eigenvalue weighted by molar-refractivity contribution is 0.1000. The van der Waals surface area contributed by atoms with Crippen molar-refractivity contribution in [3.8, 4) is 11.5 Å². The van der Waals surface area contributed by atoms with Crippen molar-refractivity contribution in [2.75, 3.05) is 25.1 Å². The topological polar surface area (TPSA) is 77.7 Å². The maximum atomic E-state index is 11.2. The normalized spacial score (nSPS) is 14.3. The number of rotatable bonds is 5. The first kappa shape index (κ1) is 14.2. The summed E-state index contributed by atoms with van der Waals surface area (Å²) in [5.74, 6) is 1.73. The van der Waals surface area contributed by atoms with E-state index in [-0.39, 0.29) is 6.10 Å². The van der Waals surface area contributed by atoms with Crippen LogP contribution in [0.1, 0.15) is 10.4 Å². The van der Waals surface area contributed by atoms with Crippen LogP contribution in [0.4, 0.5) is 5.82 Å². The summed E-state index contributed by atoms with van der Waals surface area (Å²) in [7, 11) is 1.62. The Bertz CT molecular complexity index is 684. The molecule has 0 spiro atoms. The van der Waals surface area contributed by atoms with Gasteiger partial charge in [-0.15, -0.1) is 0 Å². The maximum absolute atomic E-state index is 11.2. The number of nitrogens with two attached hydrogens (primary N) is 1. The number of carbonyl (C=O) groups excluding carboxylic acids is 1. The van der Waals surface area contributed by atoms with Crippen LogP contribution in [0.2, 0.25) is 0 Å². The van der Waals surface area contributed by atoms with Gasteiger partial charge in [0.15, 0.2) is 11.5 Å². The van der Waals surface area contributed by atoms with E-state index < -0.39 is 5.91 Å². The van der Waals surface area contributed by atoms with Crippen LogP contribution >= 0.6 is 0 Å². The van der Waals surface area contributed by atoms with Crippen molar-refractivity contribution in [2.45, 2.75) is 6.10 Å². The number of amides is 1. The second-order valence-corrected chi connectivity index (χ2v) is 5.06. The Hall–Kier alpha value is -2.76. The first-order chi connectivity index (χ1) is 10.7. The van der Waals surface area contributed by atoms with E-state index in [0.717, 1.165) is 17.3 Å². The molecule has 114 valence electrons. The molecule has 3 rings (SSSR count). The molecule has 1 aliphatic rings. The van der Waals surface area contributed by atoms with Crippen LogP contribution in [0, 0.1) is 0 Å². The Morgan fingerprint density at radius 3 is 2.68 bits per heavy atom. The molecule has 0 atom stereocenters. The van der Waals surface area contributed by atoms with E-state index in [0.29, 0.717) is 18.7 Å². The van der Waals surface area contributed by atoms with Gasteiger partial charge in [0, 0.05) is 11.8 Å². The van der Waals surface area contributed by atoms with Crippen molar-refractivity contribution in [3.05, 3.63) is 48.2 Å². The first-order valence-electron chi connectivity index (χ1n) is 6.98. The number of carbonyl (C=O) groups is 1. The summed E-state index contributed by atoms with van der Waals surface area (Å²) in [6, 6.07) is 10.9. The van der Waals surface area contributed by atoms with Gasteiger partial charge in [0.25, 0.3) is 0 Å². The summed E-state index contributed by atoms with van der Waals surface area (Å²) >= 11 is 0. The van der Waals surface area contributed by atoms with Gasteiger partial charge in [-0.3, -0.25) is 4.79 Å². The third kappa shape index (κ3) is 2.81. The van der Waals surface area contributed by atoms with E-state index in [2.05, 4.69) is 4.98 Å². The minimum atomic E-state index is -0.453. The van der Waals surface area contributed by atoms with Gasteiger partial charge < -0.3 is 20.1 Å². The van der Waals surface area contributed by atoms with Crippen LogP contribution < -0.4 is 20.1 Å². The molecule has 1 amide bonds. The molecule has 22 heavy (non-hydrogen) atoms. The van der Waals surface area contributed by atoms with Gasteiger partial charge in [0.2, 0.25) is 5.91 Å². The van der Waals surface area contributed by atoms with Crippen LogP contribution in [0.25, 0.3) is 0 Å². The van der Waals surface area contributed by atoms with Crippen molar-refractivity contribution < 1.29 is 14.3 Å². The highest BCUT2D eigenvalue weighted by atomic mass is 16.5. The summed E-state index contributed by atoms with van der Waals surface area (Å²) in [4.78, 5) is 17.5. The van der Waals surface area contributed by atoms with Crippen molar-refractivity contribution in [3.63, 3.8) is 0 Å². The Labute approximate surface area is 128 Å². The third-order valence-electron chi connectivity index (χ3n) is 3.56. The van der Waals surface area contributed by atoms with Crippen LogP contribution in [-0.2, 0) is 0 Å². The zero-order valence-electron chi connectivity index (χ0n) is 12.2. The van der Waals surface area contributed by atoms with Gasteiger partial charge in [-0.25, -0.2) is 4.98 Å². The molecule has 0 unspecified atom stereocenters. The smallest absolute Gasteiger partial charge is 0.248 e. The molecule has 1 saturated heterocycles. The van der Waals surface area contributed by atoms with Gasteiger partial charge in [0.1, 0.15) is 11.9 Å². The fourth-order valence-electron chi connectivity index (χ4n) is 2.34. The van der Waals surface area contributed by atoms with E-state index in [1.165, 1.54) is 0 Å². The molecule has 0 saturated carbocycles. The lowest BCUT2D eigenvalue weighted by atomic mass is 10.1. The zero-order chi connectivity index (χ0) is 15.5. The predicted octanol–water partition coefficient (Wildman–Crippen LogP) is 1.46. The molecule has 1 aromatic heterocycles. The number of hydrogen-bond acceptors (Lipinski definition) is 5. The lowest BCUT2D eigenvalue weighted by Gasteiger charge is -2.40. The number of pyridine rings is 1. The van der Waals surface area contributed by atoms with E-state index in [1.54, 1.807) is 25.4 Å². The molecule has 2 aromatic rings. The van der Waals surface area contributed by atoms with E-state index in [9.17, 15) is 4.79 Å². The van der Waals surface area contributed by atoms with Gasteiger partial charge >= 0.3 is 0 Å². The molecule has 2 heterocycles. The quantitative estimate of drug-likeness (QED) is 0.904. The number of benzene rings is 1. The molecular formula is C16H17N3O3. The largest absolute Gasteiger partial charge is 0.493 e. The molecule has 1 aliphatic heterocycles. The fourth-order valence-corrected chi connectivity index (χ4v) is 2.34. The highest BCUT2D eigenvalue weighted by Crippen LogP contribution is 2.29. The number of primary amides is 1. The van der Waals surface area contributed by atoms with Gasteiger partial charge in [-0.1, -0.05) is 12.1 Å². The minimum absolute atomic E-state index is 0.0651. The summed E-state index contributed by atoms with van der Waals surface area (Å²) < 4.78 is 11.2. The Kier molecular flexibility index (Phi) is 3.82. The van der Waals surface area contributed by atoms with Crippen LogP contribution in [0.3, 0.4) is 0 Å². The highest BCUT2D eigenvalue weighted by molar-refractivity contribution is 5.93. The molecule has 0 radical (unpaired) electrons. The Morgan fingerprint density at radius 1 is 1.27 bits per heavy atom. The molecule has 6 heteroatoms. The van der Waals surface area contributed by atoms with E-state index in [1.807, 2.05) is 29.2 Å². The number of aromatic nitrogens is 1. The SMILES string of the molecule is COc1ccccc1OC1CN(c2cc(C(N)=O)ccn2)C1. The van der Waals surface area contributed by atoms with E-state index >= 15 is 0 Å². The second kappa shape index (κ2) is 5.93. The van der Waals surface area contributed by atoms with Crippen LogP contribution in [0.15, 0.2) is 42.6 Å². The summed E-state index contributed by atoms with van der Waals surface area (Å²) in [6.45, 7) is 1.40. The number of hydrogen-bond donors (Lipinski definition) is 1. The Balaban J connectivity index is 1.62. The van der Waals surface area contributed by atoms with Gasteiger partial charge in [-0.05, 0) is 24.3 Å². The van der Waals surface area contributed by atoms with Crippen molar-refractivity contribution in [1.29, 1.82) is 0 Å². The van der Waals surface area contributed by atoms with Crippen molar-refractivity contribution in [1.82, 2.24) is 4.98 Å². The number of methoxy groups -OCH3 is 1. The standard InChI is InChI=1S/C16H17N3O3/c1-21-13-4-2-3-5-14(13)22-12-9-19(10-12)15-8-11(16(17)20)6-7-18-15/h2-8,12H,9-10H2,1H3,(H2,17,20). The van der Waals surface area contributed by atoms with Crippen LogP contribution in [-0.4, -0.2) is 37.2 Å². The summed E-state index contributed by atoms with van der Waals surface area (Å²) in [5.41, 5.74) is 5.74. The van der Waals surface area contributed by atoms with Gasteiger partial charge in [0.05, 0.1) is 20.2 Å². The van der Waals surface area contributed by atoms with Crippen molar-refractivity contribution >= 4 is 11.7 Å². The minimum Gasteiger partial charge on any atom is -0.493 e. The number of anilines is 1. The number of ether oxygens (including phenoxy) is 2. The number of nitrogens with zero attached hydrogens (tertiary/aromatic N) is 2. The lowest BCUT2D eigenvalue weighted by Crippen LogP contribution is -2.54. The van der Waals surface area contributed by atoms with Crippen LogP contribution in [0.5, 0.6) is 11.5 Å². The monoisotopic (exact) mass is 299 g/mol. The Morgan fingerprint density at radius 2 is 2.00 bits per heavy atom. The maximum Gasteiger partial charge on any atom is 0.248 e. The molecule has 0 aliphatic carbocycles. The van der Waals surface area contributed by atoms with Gasteiger partial charge in [-0.2, -0.15) is 0 Å². The third-order valence-corrected chi connectivity index (χ3v) is 3.56. The fraction of sp³-hybridized carbons (Fsp3) is 0.250. The second-order valence-electron chi connectivity index (χ2n) is 5.06. The summed E-state index contributed by atoms with van der Waals surface area (Å²) in [5, 5.41) is 0. The molecule has 1 fully saturated rings. The molecule has 6 nitrogen and oxygen atoms in total. The average molecular weight is 299 g/mol. The van der Waals surface area contributed by atoms with E-state index in [4.69, 9.17) is 15.2 Å². The predicted molar refractivity (Wildman–Crippen MR) is 82.4 cm³/mol.